The van der Waals surface area contributed by atoms with E-state index in [1.54, 1.807) is 30.3 Å². The molecule has 1 saturated heterocycles. The Morgan fingerprint density at radius 2 is 1.76 bits per heavy atom. The molecular formula is C23H16FNO2S2. The third kappa shape index (κ3) is 4.39. The normalized spacial score (nSPS) is 15.2. The van der Waals surface area contributed by atoms with Crippen molar-refractivity contribution in [3.8, 4) is 5.75 Å². The van der Waals surface area contributed by atoms with Gasteiger partial charge < -0.3 is 4.74 Å². The molecular weight excluding hydrogens is 405 g/mol. The number of thioether (sulfide) groups is 1. The summed E-state index contributed by atoms with van der Waals surface area (Å²) in [5.74, 6) is 0.151. The van der Waals surface area contributed by atoms with Gasteiger partial charge in [-0.15, -0.1) is 0 Å². The Kier molecular flexibility index (Phi) is 5.74. The smallest absolute Gasteiger partial charge is 0.270 e. The maximum absolute atomic E-state index is 13.8. The predicted molar refractivity (Wildman–Crippen MR) is 119 cm³/mol. The van der Waals surface area contributed by atoms with Gasteiger partial charge in [0.1, 0.15) is 18.2 Å². The van der Waals surface area contributed by atoms with Crippen LogP contribution in [0.25, 0.3) is 6.08 Å². The highest BCUT2D eigenvalue weighted by molar-refractivity contribution is 8.27. The second-order valence-corrected chi connectivity index (χ2v) is 7.98. The van der Waals surface area contributed by atoms with Gasteiger partial charge in [-0.1, -0.05) is 72.5 Å². The Morgan fingerprint density at radius 1 is 1.00 bits per heavy atom. The van der Waals surface area contributed by atoms with Crippen molar-refractivity contribution in [1.29, 1.82) is 0 Å². The Bertz CT molecular complexity index is 1100. The highest BCUT2D eigenvalue weighted by Gasteiger charge is 2.33. The van der Waals surface area contributed by atoms with Crippen LogP contribution >= 0.6 is 24.0 Å². The molecule has 144 valence electrons. The van der Waals surface area contributed by atoms with Crippen molar-refractivity contribution < 1.29 is 13.9 Å². The van der Waals surface area contributed by atoms with E-state index >= 15 is 0 Å². The third-order valence-corrected chi connectivity index (χ3v) is 5.62. The molecule has 4 rings (SSSR count). The lowest BCUT2D eigenvalue weighted by Crippen LogP contribution is -2.27. The van der Waals surface area contributed by atoms with Gasteiger partial charge in [0, 0.05) is 5.56 Å². The van der Waals surface area contributed by atoms with Crippen molar-refractivity contribution >= 4 is 46.0 Å². The summed E-state index contributed by atoms with van der Waals surface area (Å²) in [6.45, 7) is 0.131. The van der Waals surface area contributed by atoms with E-state index in [-0.39, 0.29) is 18.3 Å². The van der Waals surface area contributed by atoms with Crippen molar-refractivity contribution in [3.63, 3.8) is 0 Å². The first-order valence-electron chi connectivity index (χ1n) is 8.91. The summed E-state index contributed by atoms with van der Waals surface area (Å²) in [7, 11) is 0. The molecule has 3 aromatic carbocycles. The quantitative estimate of drug-likeness (QED) is 0.384. The number of anilines is 1. The first-order valence-corrected chi connectivity index (χ1v) is 10.1. The topological polar surface area (TPSA) is 29.5 Å². The molecule has 0 spiro atoms. The summed E-state index contributed by atoms with van der Waals surface area (Å²) in [6, 6.07) is 23.2. The molecule has 1 aliphatic rings. The molecule has 0 atom stereocenters. The minimum Gasteiger partial charge on any atom is -0.489 e. The summed E-state index contributed by atoms with van der Waals surface area (Å²) < 4.78 is 20.0. The van der Waals surface area contributed by atoms with Gasteiger partial charge in [0.05, 0.1) is 10.6 Å². The van der Waals surface area contributed by atoms with E-state index in [1.807, 2.05) is 48.5 Å². The first-order chi connectivity index (χ1) is 14.1. The molecule has 0 bridgehead atoms. The van der Waals surface area contributed by atoms with Gasteiger partial charge in [0.2, 0.25) is 0 Å². The van der Waals surface area contributed by atoms with Crippen LogP contribution in [0.2, 0.25) is 0 Å². The molecule has 0 radical (unpaired) electrons. The molecule has 1 heterocycles. The van der Waals surface area contributed by atoms with Crippen molar-refractivity contribution in [3.05, 3.63) is 101 Å². The molecule has 29 heavy (non-hydrogen) atoms. The fourth-order valence-electron chi connectivity index (χ4n) is 2.89. The number of benzene rings is 3. The lowest BCUT2D eigenvalue weighted by Gasteiger charge is -2.13. The lowest BCUT2D eigenvalue weighted by molar-refractivity contribution is -0.113. The third-order valence-electron chi connectivity index (χ3n) is 4.32. The molecule has 3 aromatic rings. The number of amides is 1. The van der Waals surface area contributed by atoms with Crippen LogP contribution in [-0.4, -0.2) is 10.2 Å². The van der Waals surface area contributed by atoms with Crippen molar-refractivity contribution in [2.24, 2.45) is 0 Å². The largest absolute Gasteiger partial charge is 0.489 e. The number of rotatable bonds is 5. The first kappa shape index (κ1) is 19.4. The predicted octanol–water partition coefficient (Wildman–Crippen LogP) is 5.81. The molecule has 6 heteroatoms. The molecule has 0 saturated carbocycles. The van der Waals surface area contributed by atoms with Crippen LogP contribution < -0.4 is 9.64 Å². The zero-order valence-corrected chi connectivity index (χ0v) is 16.9. The number of para-hydroxylation sites is 1. The van der Waals surface area contributed by atoms with Crippen LogP contribution in [0.15, 0.2) is 83.8 Å². The molecule has 3 nitrogen and oxygen atoms in total. The Hall–Kier alpha value is -2.96. The van der Waals surface area contributed by atoms with E-state index in [0.29, 0.717) is 20.5 Å². The minimum absolute atomic E-state index is 0.131. The lowest BCUT2D eigenvalue weighted by atomic mass is 10.2. The van der Waals surface area contributed by atoms with Gasteiger partial charge in [0.15, 0.2) is 4.32 Å². The Balaban J connectivity index is 1.51. The number of thiocarbonyl (C=S) groups is 1. The van der Waals surface area contributed by atoms with Gasteiger partial charge >= 0.3 is 0 Å². The van der Waals surface area contributed by atoms with Gasteiger partial charge in [-0.05, 0) is 42.0 Å². The van der Waals surface area contributed by atoms with Gasteiger partial charge in [-0.3, -0.25) is 9.69 Å². The van der Waals surface area contributed by atoms with E-state index in [2.05, 4.69) is 0 Å². The zero-order chi connectivity index (χ0) is 20.2. The van der Waals surface area contributed by atoms with Crippen LogP contribution in [0.5, 0.6) is 5.75 Å². The van der Waals surface area contributed by atoms with Crippen LogP contribution in [0, 0.1) is 5.82 Å². The van der Waals surface area contributed by atoms with Crippen molar-refractivity contribution in [2.75, 3.05) is 4.90 Å². The van der Waals surface area contributed by atoms with Crippen LogP contribution in [0.3, 0.4) is 0 Å². The standard InChI is InChI=1S/C23H16FNO2S2/c24-20-12-5-4-8-17(20)15-27-19-11-6-7-16(13-19)14-21-22(26)25(23(28)29-21)18-9-2-1-3-10-18/h1-14H,15H2/b21-14+. The number of nitrogens with zero attached hydrogens (tertiary/aromatic N) is 1. The van der Waals surface area contributed by atoms with E-state index in [0.717, 1.165) is 11.3 Å². The Labute approximate surface area is 177 Å². The van der Waals surface area contributed by atoms with Gasteiger partial charge in [0.25, 0.3) is 5.91 Å². The highest BCUT2D eigenvalue weighted by atomic mass is 32.2. The average Bonchev–Trinajstić information content (AvgIpc) is 3.01. The highest BCUT2D eigenvalue weighted by Crippen LogP contribution is 2.36. The van der Waals surface area contributed by atoms with E-state index < -0.39 is 0 Å². The number of hydrogen-bond acceptors (Lipinski definition) is 4. The van der Waals surface area contributed by atoms with Crippen LogP contribution in [0.4, 0.5) is 10.1 Å². The van der Waals surface area contributed by atoms with Crippen LogP contribution in [-0.2, 0) is 11.4 Å². The Morgan fingerprint density at radius 3 is 2.55 bits per heavy atom. The zero-order valence-electron chi connectivity index (χ0n) is 15.2. The van der Waals surface area contributed by atoms with E-state index in [1.165, 1.54) is 22.7 Å². The second-order valence-electron chi connectivity index (χ2n) is 6.31. The monoisotopic (exact) mass is 421 g/mol. The fraction of sp³-hybridized carbons (Fsp3) is 0.0435. The summed E-state index contributed by atoms with van der Waals surface area (Å²) in [5.41, 5.74) is 2.05. The molecule has 0 unspecified atom stereocenters. The maximum atomic E-state index is 13.8. The minimum atomic E-state index is -0.298. The average molecular weight is 422 g/mol. The molecule has 0 aliphatic carbocycles. The summed E-state index contributed by atoms with van der Waals surface area (Å²) >= 11 is 6.66. The number of hydrogen-bond donors (Lipinski definition) is 0. The second kappa shape index (κ2) is 8.59. The number of carbonyl (C=O) groups is 1. The van der Waals surface area contributed by atoms with E-state index in [4.69, 9.17) is 17.0 Å². The number of ether oxygens (including phenoxy) is 1. The van der Waals surface area contributed by atoms with Gasteiger partial charge in [-0.25, -0.2) is 4.39 Å². The maximum Gasteiger partial charge on any atom is 0.270 e. The van der Waals surface area contributed by atoms with E-state index in [9.17, 15) is 9.18 Å². The van der Waals surface area contributed by atoms with Crippen molar-refractivity contribution in [1.82, 2.24) is 0 Å². The molecule has 1 fully saturated rings. The van der Waals surface area contributed by atoms with Crippen molar-refractivity contribution in [2.45, 2.75) is 6.61 Å². The SMILES string of the molecule is O=C1/C(=C\c2cccc(OCc3ccccc3F)c2)SC(=S)N1c1ccccc1. The summed E-state index contributed by atoms with van der Waals surface area (Å²) in [6.07, 6.45) is 1.79. The molecule has 1 aliphatic heterocycles. The molecule has 0 aromatic heterocycles. The summed E-state index contributed by atoms with van der Waals surface area (Å²) in [4.78, 5) is 14.9. The van der Waals surface area contributed by atoms with Crippen LogP contribution in [0.1, 0.15) is 11.1 Å². The molecule has 0 N–H and O–H groups in total. The number of halogens is 1. The fourth-order valence-corrected chi connectivity index (χ4v) is 4.19. The molecule has 1 amide bonds. The summed E-state index contributed by atoms with van der Waals surface area (Å²) in [5, 5.41) is 0. The number of carbonyl (C=O) groups excluding carboxylic acids is 1. The van der Waals surface area contributed by atoms with Gasteiger partial charge in [-0.2, -0.15) is 0 Å².